The van der Waals surface area contributed by atoms with Gasteiger partial charge in [-0.15, -0.1) is 11.3 Å². The summed E-state index contributed by atoms with van der Waals surface area (Å²) in [6, 6.07) is 2.27. The van der Waals surface area contributed by atoms with Crippen molar-refractivity contribution in [1.29, 1.82) is 0 Å². The Bertz CT molecular complexity index is 339. The Morgan fingerprint density at radius 3 is 3.00 bits per heavy atom. The lowest BCUT2D eigenvalue weighted by atomic mass is 10.2. The van der Waals surface area contributed by atoms with Gasteiger partial charge in [0.15, 0.2) is 0 Å². The minimum atomic E-state index is 0.00882. The third-order valence-electron chi connectivity index (χ3n) is 2.15. The fourth-order valence-electron chi connectivity index (χ4n) is 1.38. The largest absolute Gasteiger partial charge is 0.336 e. The molecular formula is C8H9BrN2OS. The third kappa shape index (κ3) is 1.58. The van der Waals surface area contributed by atoms with Crippen LogP contribution in [-0.2, 0) is 0 Å². The van der Waals surface area contributed by atoms with E-state index in [9.17, 15) is 4.79 Å². The van der Waals surface area contributed by atoms with E-state index in [0.29, 0.717) is 6.54 Å². The van der Waals surface area contributed by atoms with E-state index in [1.54, 1.807) is 16.2 Å². The molecule has 1 aromatic rings. The molecule has 5 heteroatoms. The Kier molecular flexibility index (Phi) is 2.29. The summed E-state index contributed by atoms with van der Waals surface area (Å²) in [5.41, 5.74) is 0. The number of likely N-dealkylation sites (N-methyl/N-ethyl adjacent to an activating group) is 1. The molecule has 0 saturated carbocycles. The summed E-state index contributed by atoms with van der Waals surface area (Å²) >= 11 is 5.07. The highest BCUT2D eigenvalue weighted by Gasteiger charge is 2.29. The van der Waals surface area contributed by atoms with Gasteiger partial charge in [-0.1, -0.05) is 0 Å². The minimum Gasteiger partial charge on any atom is -0.336 e. The van der Waals surface area contributed by atoms with Crippen LogP contribution in [-0.4, -0.2) is 24.5 Å². The smallest absolute Gasteiger partial charge is 0.317 e. The second kappa shape index (κ2) is 3.31. The van der Waals surface area contributed by atoms with E-state index >= 15 is 0 Å². The van der Waals surface area contributed by atoms with Crippen molar-refractivity contribution in [2.75, 3.05) is 13.6 Å². The Morgan fingerprint density at radius 1 is 1.77 bits per heavy atom. The Hall–Kier alpha value is -0.550. The highest BCUT2D eigenvalue weighted by atomic mass is 79.9. The molecule has 0 bridgehead atoms. The molecule has 0 spiro atoms. The fraction of sp³-hybridized carbons (Fsp3) is 0.375. The van der Waals surface area contributed by atoms with Crippen molar-refractivity contribution in [3.05, 3.63) is 20.8 Å². The van der Waals surface area contributed by atoms with Crippen LogP contribution < -0.4 is 5.32 Å². The fourth-order valence-corrected chi connectivity index (χ4v) is 2.97. The first kappa shape index (κ1) is 9.02. The molecule has 13 heavy (non-hydrogen) atoms. The minimum absolute atomic E-state index is 0.00882. The van der Waals surface area contributed by atoms with Gasteiger partial charge >= 0.3 is 6.03 Å². The lowest BCUT2D eigenvalue weighted by Gasteiger charge is -2.15. The number of urea groups is 1. The van der Waals surface area contributed by atoms with Gasteiger partial charge < -0.3 is 10.2 Å². The number of nitrogens with zero attached hydrogens (tertiary/aromatic N) is 1. The van der Waals surface area contributed by atoms with Gasteiger partial charge in [0.05, 0.1) is 6.04 Å². The van der Waals surface area contributed by atoms with Crippen molar-refractivity contribution in [1.82, 2.24) is 10.2 Å². The number of thiophene rings is 1. The summed E-state index contributed by atoms with van der Waals surface area (Å²) in [6.45, 7) is 0.711. The zero-order chi connectivity index (χ0) is 9.42. The molecule has 0 aliphatic carbocycles. The molecule has 1 N–H and O–H groups in total. The molecule has 70 valence electrons. The Morgan fingerprint density at radius 2 is 2.54 bits per heavy atom. The van der Waals surface area contributed by atoms with Crippen LogP contribution in [0.25, 0.3) is 0 Å². The highest BCUT2D eigenvalue weighted by molar-refractivity contribution is 9.10. The maximum atomic E-state index is 11.2. The van der Waals surface area contributed by atoms with Crippen molar-refractivity contribution < 1.29 is 4.79 Å². The summed E-state index contributed by atoms with van der Waals surface area (Å²) in [4.78, 5) is 14.1. The number of amides is 2. The van der Waals surface area contributed by atoms with Gasteiger partial charge in [0.1, 0.15) is 0 Å². The molecule has 1 aliphatic rings. The first-order chi connectivity index (χ1) is 6.18. The number of hydrogen-bond acceptors (Lipinski definition) is 2. The van der Waals surface area contributed by atoms with E-state index in [4.69, 9.17) is 0 Å². The van der Waals surface area contributed by atoms with Gasteiger partial charge in [0.25, 0.3) is 0 Å². The van der Waals surface area contributed by atoms with E-state index < -0.39 is 0 Å². The lowest BCUT2D eigenvalue weighted by Crippen LogP contribution is -2.24. The molecule has 1 aromatic heterocycles. The van der Waals surface area contributed by atoms with Gasteiger partial charge in [-0.05, 0) is 22.0 Å². The molecule has 2 heterocycles. The van der Waals surface area contributed by atoms with E-state index in [0.717, 1.165) is 4.47 Å². The summed E-state index contributed by atoms with van der Waals surface area (Å²) in [6.07, 6.45) is 0. The van der Waals surface area contributed by atoms with Crippen LogP contribution in [0.1, 0.15) is 10.9 Å². The molecule has 1 unspecified atom stereocenters. The SMILES string of the molecule is CN1C(=O)NCC1c1cc(Br)cs1. The Labute approximate surface area is 88.9 Å². The number of hydrogen-bond donors (Lipinski definition) is 1. The quantitative estimate of drug-likeness (QED) is 0.825. The zero-order valence-electron chi connectivity index (χ0n) is 7.08. The number of carbonyl (C=O) groups is 1. The predicted octanol–water partition coefficient (Wildman–Crippen LogP) is 2.21. The van der Waals surface area contributed by atoms with E-state index in [-0.39, 0.29) is 12.1 Å². The van der Waals surface area contributed by atoms with Crippen molar-refractivity contribution in [2.24, 2.45) is 0 Å². The van der Waals surface area contributed by atoms with E-state index in [1.807, 2.05) is 12.4 Å². The van der Waals surface area contributed by atoms with Crippen LogP contribution in [0.3, 0.4) is 0 Å². The van der Waals surface area contributed by atoms with Crippen molar-refractivity contribution >= 4 is 33.3 Å². The van der Waals surface area contributed by atoms with Crippen LogP contribution in [0.15, 0.2) is 15.9 Å². The maximum Gasteiger partial charge on any atom is 0.317 e. The van der Waals surface area contributed by atoms with E-state index in [1.165, 1.54) is 4.88 Å². The average Bonchev–Trinajstić information content (AvgIpc) is 2.62. The van der Waals surface area contributed by atoms with Gasteiger partial charge in [0.2, 0.25) is 0 Å². The monoisotopic (exact) mass is 260 g/mol. The van der Waals surface area contributed by atoms with Crippen LogP contribution in [0.2, 0.25) is 0 Å². The first-order valence-corrected chi connectivity index (χ1v) is 5.60. The highest BCUT2D eigenvalue weighted by Crippen LogP contribution is 2.30. The topological polar surface area (TPSA) is 32.3 Å². The number of rotatable bonds is 1. The van der Waals surface area contributed by atoms with Gasteiger partial charge in [0, 0.05) is 28.3 Å². The zero-order valence-corrected chi connectivity index (χ0v) is 9.48. The van der Waals surface area contributed by atoms with Crippen molar-refractivity contribution in [3.63, 3.8) is 0 Å². The van der Waals surface area contributed by atoms with Crippen LogP contribution in [0, 0.1) is 0 Å². The third-order valence-corrected chi connectivity index (χ3v) is 3.95. The summed E-state index contributed by atoms with van der Waals surface area (Å²) in [5.74, 6) is 0. The van der Waals surface area contributed by atoms with Crippen molar-refractivity contribution in [3.8, 4) is 0 Å². The normalized spacial score (nSPS) is 22.2. The van der Waals surface area contributed by atoms with Gasteiger partial charge in [-0.2, -0.15) is 0 Å². The first-order valence-electron chi connectivity index (χ1n) is 3.93. The molecule has 1 saturated heterocycles. The maximum absolute atomic E-state index is 11.2. The molecule has 2 amide bonds. The Balaban J connectivity index is 2.23. The average molecular weight is 261 g/mol. The van der Waals surface area contributed by atoms with Crippen LogP contribution in [0.5, 0.6) is 0 Å². The summed E-state index contributed by atoms with van der Waals surface area (Å²) < 4.78 is 1.08. The molecule has 2 rings (SSSR count). The standard InChI is InChI=1S/C8H9BrN2OS/c1-11-6(3-10-8(11)12)7-2-5(9)4-13-7/h2,4,6H,3H2,1H3,(H,10,12). The molecule has 3 nitrogen and oxygen atoms in total. The number of nitrogens with one attached hydrogen (secondary N) is 1. The second-order valence-electron chi connectivity index (χ2n) is 2.98. The summed E-state index contributed by atoms with van der Waals surface area (Å²) in [7, 11) is 1.82. The second-order valence-corrected chi connectivity index (χ2v) is 4.84. The summed E-state index contributed by atoms with van der Waals surface area (Å²) in [5, 5.41) is 4.84. The van der Waals surface area contributed by atoms with Gasteiger partial charge in [-0.3, -0.25) is 0 Å². The van der Waals surface area contributed by atoms with Crippen LogP contribution >= 0.6 is 27.3 Å². The molecule has 0 aromatic carbocycles. The molecule has 0 radical (unpaired) electrons. The van der Waals surface area contributed by atoms with E-state index in [2.05, 4.69) is 27.3 Å². The van der Waals surface area contributed by atoms with Gasteiger partial charge in [-0.25, -0.2) is 4.79 Å². The molecule has 1 atom stereocenters. The number of carbonyl (C=O) groups excluding carboxylic acids is 1. The van der Waals surface area contributed by atoms with Crippen molar-refractivity contribution in [2.45, 2.75) is 6.04 Å². The molecular weight excluding hydrogens is 252 g/mol. The van der Waals surface area contributed by atoms with Crippen LogP contribution in [0.4, 0.5) is 4.79 Å². The molecule has 1 fully saturated rings. The number of halogens is 1. The molecule has 1 aliphatic heterocycles. The lowest BCUT2D eigenvalue weighted by molar-refractivity contribution is 0.217. The predicted molar refractivity (Wildman–Crippen MR) is 55.9 cm³/mol.